The number of carbonyl (C=O) groups is 1. The monoisotopic (exact) mass is 283 g/mol. The molecule has 1 aliphatic rings. The van der Waals surface area contributed by atoms with Crippen molar-refractivity contribution in [3.05, 3.63) is 0 Å². The first-order chi connectivity index (χ1) is 9.36. The molecular weight excluding hydrogens is 250 g/mol. The van der Waals surface area contributed by atoms with Crippen molar-refractivity contribution in [3.63, 3.8) is 0 Å². The van der Waals surface area contributed by atoms with Crippen LogP contribution in [0.15, 0.2) is 0 Å². The number of hydrogen-bond acceptors (Lipinski definition) is 3. The lowest BCUT2D eigenvalue weighted by atomic mass is 9.99. The third-order valence-corrected chi connectivity index (χ3v) is 4.94. The Balaban J connectivity index is 2.71. The Labute approximate surface area is 124 Å². The molecular formula is C16H33N3O. The summed E-state index contributed by atoms with van der Waals surface area (Å²) in [4.78, 5) is 14.8. The largest absolute Gasteiger partial charge is 0.350 e. The first-order valence-corrected chi connectivity index (χ1v) is 8.14. The van der Waals surface area contributed by atoms with Crippen LogP contribution in [-0.4, -0.2) is 41.5 Å². The molecule has 3 N–H and O–H groups in total. The Kier molecular flexibility index (Phi) is 6.46. The van der Waals surface area contributed by atoms with Gasteiger partial charge in [0.15, 0.2) is 0 Å². The van der Waals surface area contributed by atoms with Crippen LogP contribution in [0, 0.1) is 5.92 Å². The van der Waals surface area contributed by atoms with Crippen molar-refractivity contribution < 1.29 is 4.79 Å². The highest BCUT2D eigenvalue weighted by Gasteiger charge is 2.35. The first kappa shape index (κ1) is 17.4. The molecule has 1 fully saturated rings. The highest BCUT2D eigenvalue weighted by molar-refractivity contribution is 5.82. The lowest BCUT2D eigenvalue weighted by molar-refractivity contribution is -0.128. The van der Waals surface area contributed by atoms with E-state index in [0.29, 0.717) is 12.0 Å². The second-order valence-corrected chi connectivity index (χ2v) is 6.73. The van der Waals surface area contributed by atoms with E-state index >= 15 is 0 Å². The van der Waals surface area contributed by atoms with Crippen molar-refractivity contribution in [2.75, 3.05) is 13.1 Å². The Hall–Kier alpha value is -0.610. The minimum Gasteiger partial charge on any atom is -0.350 e. The zero-order chi connectivity index (χ0) is 15.3. The van der Waals surface area contributed by atoms with Crippen molar-refractivity contribution in [1.82, 2.24) is 10.2 Å². The third-order valence-electron chi connectivity index (χ3n) is 4.94. The van der Waals surface area contributed by atoms with E-state index in [2.05, 4.69) is 37.9 Å². The Morgan fingerprint density at radius 3 is 2.55 bits per heavy atom. The summed E-state index contributed by atoms with van der Waals surface area (Å²) < 4.78 is 0. The van der Waals surface area contributed by atoms with E-state index in [0.717, 1.165) is 19.5 Å². The average molecular weight is 283 g/mol. The molecule has 0 aromatic carbocycles. The molecule has 0 bridgehead atoms. The molecule has 0 spiro atoms. The maximum atomic E-state index is 12.5. The van der Waals surface area contributed by atoms with Gasteiger partial charge in [-0.3, -0.25) is 9.69 Å². The van der Waals surface area contributed by atoms with Crippen LogP contribution in [-0.2, 0) is 4.79 Å². The van der Waals surface area contributed by atoms with E-state index in [1.807, 2.05) is 6.92 Å². The van der Waals surface area contributed by atoms with Crippen molar-refractivity contribution in [2.24, 2.45) is 11.7 Å². The number of carbonyl (C=O) groups excluding carboxylic acids is 1. The van der Waals surface area contributed by atoms with Crippen molar-refractivity contribution in [3.8, 4) is 0 Å². The number of rotatable bonds is 7. The van der Waals surface area contributed by atoms with Crippen molar-refractivity contribution in [2.45, 2.75) is 77.9 Å². The van der Waals surface area contributed by atoms with Crippen LogP contribution < -0.4 is 11.1 Å². The minimum absolute atomic E-state index is 0.0806. The van der Waals surface area contributed by atoms with Gasteiger partial charge in [0, 0.05) is 11.6 Å². The summed E-state index contributed by atoms with van der Waals surface area (Å²) in [5.41, 5.74) is 5.76. The molecule has 4 nitrogen and oxygen atoms in total. The molecule has 0 aromatic heterocycles. The quantitative estimate of drug-likeness (QED) is 0.752. The van der Waals surface area contributed by atoms with Crippen LogP contribution >= 0.6 is 0 Å². The molecule has 0 radical (unpaired) electrons. The summed E-state index contributed by atoms with van der Waals surface area (Å²) in [5, 5.41) is 3.16. The van der Waals surface area contributed by atoms with Crippen LogP contribution in [0.4, 0.5) is 0 Å². The van der Waals surface area contributed by atoms with E-state index in [1.165, 1.54) is 19.3 Å². The average Bonchev–Trinajstić information content (AvgIpc) is 2.87. The molecule has 4 heteroatoms. The van der Waals surface area contributed by atoms with E-state index in [1.54, 1.807) is 0 Å². The topological polar surface area (TPSA) is 58.4 Å². The number of nitrogens with two attached hydrogens (primary N) is 1. The molecule has 0 heterocycles. The molecule has 1 saturated carbocycles. The zero-order valence-corrected chi connectivity index (χ0v) is 13.9. The molecule has 0 saturated heterocycles. The Morgan fingerprint density at radius 1 is 1.40 bits per heavy atom. The van der Waals surface area contributed by atoms with Gasteiger partial charge in [-0.1, -0.05) is 20.3 Å². The molecule has 0 aliphatic heterocycles. The van der Waals surface area contributed by atoms with Gasteiger partial charge in [-0.25, -0.2) is 0 Å². The lowest BCUT2D eigenvalue weighted by Crippen LogP contribution is -2.55. The maximum absolute atomic E-state index is 12.5. The predicted molar refractivity (Wildman–Crippen MR) is 84.5 cm³/mol. The van der Waals surface area contributed by atoms with Crippen LogP contribution in [0.1, 0.15) is 60.3 Å². The van der Waals surface area contributed by atoms with Crippen LogP contribution in [0.25, 0.3) is 0 Å². The fourth-order valence-corrected chi connectivity index (χ4v) is 3.20. The molecule has 3 atom stereocenters. The van der Waals surface area contributed by atoms with Crippen LogP contribution in [0.2, 0.25) is 0 Å². The van der Waals surface area contributed by atoms with Gasteiger partial charge in [0.05, 0.1) is 6.04 Å². The van der Waals surface area contributed by atoms with Crippen molar-refractivity contribution >= 4 is 5.91 Å². The number of nitrogens with zero attached hydrogens (tertiary/aromatic N) is 1. The standard InChI is InChI=1S/C16H33N3O/c1-6-16(4,5)18-15(20)12(3)19(7-2)14-10-8-9-13(14)11-17/h12-14H,6-11,17H2,1-5H3,(H,18,20). The lowest BCUT2D eigenvalue weighted by Gasteiger charge is -2.37. The molecule has 1 aliphatic carbocycles. The molecule has 1 amide bonds. The molecule has 20 heavy (non-hydrogen) atoms. The van der Waals surface area contributed by atoms with Crippen molar-refractivity contribution in [1.29, 1.82) is 0 Å². The highest BCUT2D eigenvalue weighted by atomic mass is 16.2. The van der Waals surface area contributed by atoms with E-state index in [9.17, 15) is 4.79 Å². The van der Waals surface area contributed by atoms with Crippen LogP contribution in [0.3, 0.4) is 0 Å². The van der Waals surface area contributed by atoms with Gasteiger partial charge in [-0.15, -0.1) is 0 Å². The number of hydrogen-bond donors (Lipinski definition) is 2. The number of likely N-dealkylation sites (N-methyl/N-ethyl adjacent to an activating group) is 1. The SMILES string of the molecule is CCN(C(C)C(=O)NC(C)(C)CC)C1CCCC1CN. The fourth-order valence-electron chi connectivity index (χ4n) is 3.20. The molecule has 1 rings (SSSR count). The van der Waals surface area contributed by atoms with Gasteiger partial charge in [0.25, 0.3) is 0 Å². The summed E-state index contributed by atoms with van der Waals surface area (Å²) in [5.74, 6) is 0.686. The van der Waals surface area contributed by atoms with E-state index in [4.69, 9.17) is 5.73 Å². The van der Waals surface area contributed by atoms with Gasteiger partial charge in [-0.2, -0.15) is 0 Å². The van der Waals surface area contributed by atoms with Crippen LogP contribution in [0.5, 0.6) is 0 Å². The van der Waals surface area contributed by atoms with Gasteiger partial charge in [0.1, 0.15) is 0 Å². The predicted octanol–water partition coefficient (Wildman–Crippen LogP) is 2.13. The summed E-state index contributed by atoms with van der Waals surface area (Å²) >= 11 is 0. The molecule has 3 unspecified atom stereocenters. The summed E-state index contributed by atoms with van der Waals surface area (Å²) in [6.45, 7) is 12.1. The normalized spacial score (nSPS) is 24.9. The fraction of sp³-hybridized carbons (Fsp3) is 0.938. The molecule has 118 valence electrons. The summed E-state index contributed by atoms with van der Waals surface area (Å²) in [6, 6.07) is 0.387. The Morgan fingerprint density at radius 2 is 2.05 bits per heavy atom. The maximum Gasteiger partial charge on any atom is 0.237 e. The van der Waals surface area contributed by atoms with E-state index in [-0.39, 0.29) is 17.5 Å². The smallest absolute Gasteiger partial charge is 0.237 e. The minimum atomic E-state index is -0.131. The van der Waals surface area contributed by atoms with Gasteiger partial charge in [-0.05, 0) is 59.0 Å². The van der Waals surface area contributed by atoms with Gasteiger partial charge >= 0.3 is 0 Å². The molecule has 0 aromatic rings. The summed E-state index contributed by atoms with van der Waals surface area (Å²) in [6.07, 6.45) is 4.54. The van der Waals surface area contributed by atoms with Gasteiger partial charge in [0.2, 0.25) is 5.91 Å². The number of nitrogens with one attached hydrogen (secondary N) is 1. The zero-order valence-electron chi connectivity index (χ0n) is 13.9. The number of amides is 1. The van der Waals surface area contributed by atoms with Gasteiger partial charge < -0.3 is 11.1 Å². The second-order valence-electron chi connectivity index (χ2n) is 6.73. The highest BCUT2D eigenvalue weighted by Crippen LogP contribution is 2.30. The first-order valence-electron chi connectivity index (χ1n) is 8.14. The summed E-state index contributed by atoms with van der Waals surface area (Å²) in [7, 11) is 0. The van der Waals surface area contributed by atoms with E-state index < -0.39 is 0 Å². The third kappa shape index (κ3) is 4.19. The Bertz CT molecular complexity index is 317. The second kappa shape index (κ2) is 7.41.